The van der Waals surface area contributed by atoms with Crippen LogP contribution in [0.2, 0.25) is 0 Å². The summed E-state index contributed by atoms with van der Waals surface area (Å²) in [4.78, 5) is 0. The maximum atomic E-state index is 13.0. The van der Waals surface area contributed by atoms with Crippen LogP contribution in [0, 0.1) is 11.8 Å². The van der Waals surface area contributed by atoms with Crippen LogP contribution in [-0.2, 0) is 10.2 Å². The molecule has 0 radical (unpaired) electrons. The summed E-state index contributed by atoms with van der Waals surface area (Å²) in [5.41, 5.74) is 0. The molecule has 1 saturated heterocycles. The minimum atomic E-state index is -3.31. The number of halogens is 1. The van der Waals surface area contributed by atoms with Crippen molar-refractivity contribution in [2.75, 3.05) is 25.5 Å². The van der Waals surface area contributed by atoms with Crippen molar-refractivity contribution in [2.24, 2.45) is 11.8 Å². The summed E-state index contributed by atoms with van der Waals surface area (Å²) >= 11 is 5.90. The molecule has 2 aliphatic rings. The minimum Gasteiger partial charge on any atom is -0.195 e. The predicted octanol–water partition coefficient (Wildman–Crippen LogP) is 3.08. The molecule has 0 amide bonds. The van der Waals surface area contributed by atoms with Crippen LogP contribution in [0.3, 0.4) is 0 Å². The van der Waals surface area contributed by atoms with E-state index in [9.17, 15) is 8.42 Å². The molecule has 0 bridgehead atoms. The first-order valence-corrected chi connectivity index (χ1v) is 10.2. The number of piperidine rings is 1. The van der Waals surface area contributed by atoms with E-state index in [1.165, 1.54) is 0 Å². The van der Waals surface area contributed by atoms with Gasteiger partial charge in [0.1, 0.15) is 0 Å². The lowest BCUT2D eigenvalue weighted by molar-refractivity contribution is 0.234. The van der Waals surface area contributed by atoms with Crippen LogP contribution in [0.4, 0.5) is 0 Å². The Morgan fingerprint density at radius 2 is 1.71 bits per heavy atom. The Hall–Kier alpha value is 0.160. The van der Waals surface area contributed by atoms with Crippen molar-refractivity contribution in [3.63, 3.8) is 0 Å². The second kappa shape index (κ2) is 7.62. The molecular formula is C15H29ClN2O2S. The fourth-order valence-electron chi connectivity index (χ4n) is 3.43. The lowest BCUT2D eigenvalue weighted by atomic mass is 10.0. The summed E-state index contributed by atoms with van der Waals surface area (Å²) in [5.74, 6) is 1.48. The third-order valence-corrected chi connectivity index (χ3v) is 7.19. The molecule has 0 aromatic heterocycles. The van der Waals surface area contributed by atoms with Gasteiger partial charge in [0.25, 0.3) is 10.2 Å². The van der Waals surface area contributed by atoms with Crippen LogP contribution in [0.1, 0.15) is 52.4 Å². The average Bonchev–Trinajstić information content (AvgIpc) is 2.98. The van der Waals surface area contributed by atoms with E-state index in [0.717, 1.165) is 38.5 Å². The van der Waals surface area contributed by atoms with Gasteiger partial charge in [-0.3, -0.25) is 0 Å². The lowest BCUT2D eigenvalue weighted by Gasteiger charge is -2.37. The smallest absolute Gasteiger partial charge is 0.195 e. The normalized spacial score (nSPS) is 23.5. The van der Waals surface area contributed by atoms with Gasteiger partial charge in [0.05, 0.1) is 0 Å². The summed E-state index contributed by atoms with van der Waals surface area (Å²) in [6.45, 7) is 6.08. The molecule has 124 valence electrons. The minimum absolute atomic E-state index is 0.211. The van der Waals surface area contributed by atoms with Crippen LogP contribution < -0.4 is 0 Å². The van der Waals surface area contributed by atoms with Gasteiger partial charge in [-0.25, -0.2) is 0 Å². The van der Waals surface area contributed by atoms with E-state index in [4.69, 9.17) is 11.6 Å². The van der Waals surface area contributed by atoms with Crippen molar-refractivity contribution in [1.82, 2.24) is 8.61 Å². The Morgan fingerprint density at radius 1 is 1.14 bits per heavy atom. The first kappa shape index (κ1) is 17.5. The molecule has 0 aromatic carbocycles. The standard InChI is InChI=1S/C15H29ClN2O2S/c1-13(2)12-18(15-5-3-4-6-15)21(19,20)17-9-7-14(11-16)8-10-17/h13-15H,3-12H2,1-2H3. The van der Waals surface area contributed by atoms with E-state index in [1.807, 2.05) is 0 Å². The van der Waals surface area contributed by atoms with Crippen LogP contribution in [0.5, 0.6) is 0 Å². The Labute approximate surface area is 135 Å². The number of hydrogen-bond donors (Lipinski definition) is 0. The SMILES string of the molecule is CC(C)CN(C1CCCC1)S(=O)(=O)N1CCC(CCl)CC1. The first-order chi connectivity index (χ1) is 9.95. The van der Waals surface area contributed by atoms with Crippen molar-refractivity contribution >= 4 is 21.8 Å². The number of rotatable bonds is 6. The van der Waals surface area contributed by atoms with E-state index in [0.29, 0.717) is 37.4 Å². The third-order valence-electron chi connectivity index (χ3n) is 4.69. The molecule has 0 aromatic rings. The molecule has 6 heteroatoms. The molecule has 2 rings (SSSR count). The summed E-state index contributed by atoms with van der Waals surface area (Å²) in [5, 5.41) is 0. The highest BCUT2D eigenvalue weighted by Gasteiger charge is 2.37. The van der Waals surface area contributed by atoms with Gasteiger partial charge in [-0.05, 0) is 37.5 Å². The van der Waals surface area contributed by atoms with E-state index >= 15 is 0 Å². The zero-order chi connectivity index (χ0) is 15.5. The number of alkyl halides is 1. The molecule has 0 atom stereocenters. The molecule has 1 aliphatic heterocycles. The fraction of sp³-hybridized carbons (Fsp3) is 1.00. The highest BCUT2D eigenvalue weighted by atomic mass is 35.5. The van der Waals surface area contributed by atoms with Gasteiger partial charge in [-0.15, -0.1) is 11.6 Å². The average molecular weight is 337 g/mol. The second-order valence-electron chi connectivity index (χ2n) is 6.91. The Bertz CT molecular complexity index is 413. The van der Waals surface area contributed by atoms with E-state index < -0.39 is 10.2 Å². The molecule has 21 heavy (non-hydrogen) atoms. The van der Waals surface area contributed by atoms with E-state index in [-0.39, 0.29) is 6.04 Å². The highest BCUT2D eigenvalue weighted by molar-refractivity contribution is 7.86. The molecule has 0 unspecified atom stereocenters. The summed E-state index contributed by atoms with van der Waals surface area (Å²) < 4.78 is 29.5. The van der Waals surface area contributed by atoms with Crippen molar-refractivity contribution in [1.29, 1.82) is 0 Å². The molecule has 4 nitrogen and oxygen atoms in total. The van der Waals surface area contributed by atoms with Crippen LogP contribution in [0.25, 0.3) is 0 Å². The molecule has 0 spiro atoms. The fourth-order valence-corrected chi connectivity index (χ4v) is 5.78. The van der Waals surface area contributed by atoms with Crippen LogP contribution in [-0.4, -0.2) is 48.6 Å². The zero-order valence-corrected chi connectivity index (χ0v) is 14.9. The maximum absolute atomic E-state index is 13.0. The van der Waals surface area contributed by atoms with Crippen LogP contribution >= 0.6 is 11.6 Å². The largest absolute Gasteiger partial charge is 0.282 e. The van der Waals surface area contributed by atoms with E-state index in [1.54, 1.807) is 8.61 Å². The second-order valence-corrected chi connectivity index (χ2v) is 9.10. The maximum Gasteiger partial charge on any atom is 0.282 e. The van der Waals surface area contributed by atoms with Gasteiger partial charge < -0.3 is 0 Å². The number of nitrogens with zero attached hydrogens (tertiary/aromatic N) is 2. The summed E-state index contributed by atoms with van der Waals surface area (Å²) in [6, 6.07) is 0.211. The van der Waals surface area contributed by atoms with Gasteiger partial charge in [-0.2, -0.15) is 17.0 Å². The van der Waals surface area contributed by atoms with E-state index in [2.05, 4.69) is 13.8 Å². The lowest BCUT2D eigenvalue weighted by Crippen LogP contribution is -2.51. The van der Waals surface area contributed by atoms with Gasteiger partial charge in [0.2, 0.25) is 0 Å². The summed E-state index contributed by atoms with van der Waals surface area (Å²) in [6.07, 6.45) is 6.13. The Morgan fingerprint density at radius 3 is 2.19 bits per heavy atom. The number of hydrogen-bond acceptors (Lipinski definition) is 2. The molecule has 2 fully saturated rings. The van der Waals surface area contributed by atoms with Crippen molar-refractivity contribution in [3.05, 3.63) is 0 Å². The van der Waals surface area contributed by atoms with Gasteiger partial charge in [0.15, 0.2) is 0 Å². The van der Waals surface area contributed by atoms with Crippen molar-refractivity contribution in [3.8, 4) is 0 Å². The molecular weight excluding hydrogens is 308 g/mol. The quantitative estimate of drug-likeness (QED) is 0.699. The van der Waals surface area contributed by atoms with Crippen molar-refractivity contribution < 1.29 is 8.42 Å². The molecule has 1 heterocycles. The Kier molecular flexibility index (Phi) is 6.36. The van der Waals surface area contributed by atoms with Crippen LogP contribution in [0.15, 0.2) is 0 Å². The summed E-state index contributed by atoms with van der Waals surface area (Å²) in [7, 11) is -3.31. The van der Waals surface area contributed by atoms with Gasteiger partial charge >= 0.3 is 0 Å². The van der Waals surface area contributed by atoms with Crippen molar-refractivity contribution in [2.45, 2.75) is 58.4 Å². The third kappa shape index (κ3) is 4.34. The highest BCUT2D eigenvalue weighted by Crippen LogP contribution is 2.30. The first-order valence-electron chi connectivity index (χ1n) is 8.28. The zero-order valence-electron chi connectivity index (χ0n) is 13.3. The molecule has 0 N–H and O–H groups in total. The van der Waals surface area contributed by atoms with Gasteiger partial charge in [-0.1, -0.05) is 26.7 Å². The molecule has 1 saturated carbocycles. The topological polar surface area (TPSA) is 40.6 Å². The predicted molar refractivity (Wildman–Crippen MR) is 87.7 cm³/mol. The molecule has 1 aliphatic carbocycles. The van der Waals surface area contributed by atoms with Gasteiger partial charge in [0, 0.05) is 31.6 Å². The Balaban J connectivity index is 2.09. The monoisotopic (exact) mass is 336 g/mol.